The molecule has 26 heavy (non-hydrogen) atoms. The van der Waals surface area contributed by atoms with Crippen LogP contribution in [0.4, 0.5) is 0 Å². The lowest BCUT2D eigenvalue weighted by Crippen LogP contribution is -2.54. The van der Waals surface area contributed by atoms with E-state index < -0.39 is 0 Å². The average Bonchev–Trinajstić information content (AvgIpc) is 3.16. The van der Waals surface area contributed by atoms with Gasteiger partial charge in [0.05, 0.1) is 18.8 Å². The topological polar surface area (TPSA) is 60.3 Å². The van der Waals surface area contributed by atoms with Gasteiger partial charge in [-0.05, 0) is 45.4 Å². The molecule has 1 saturated carbocycles. The first kappa shape index (κ1) is 19.9. The maximum atomic E-state index is 9.79. The SMILES string of the molecule is CCNC(=NCC1(N2CCC(OC)CC2)CCCC1)N1CCC(O)CC1. The zero-order valence-electron chi connectivity index (χ0n) is 16.8. The van der Waals surface area contributed by atoms with Gasteiger partial charge in [-0.15, -0.1) is 0 Å². The van der Waals surface area contributed by atoms with Gasteiger partial charge in [-0.3, -0.25) is 9.89 Å². The molecular weight excluding hydrogens is 328 g/mol. The number of methoxy groups -OCH3 is 1. The molecule has 0 radical (unpaired) electrons. The first-order valence-corrected chi connectivity index (χ1v) is 10.7. The summed E-state index contributed by atoms with van der Waals surface area (Å²) in [6, 6.07) is 0. The van der Waals surface area contributed by atoms with Crippen LogP contribution in [0.2, 0.25) is 0 Å². The Balaban J connectivity index is 1.66. The number of likely N-dealkylation sites (tertiary alicyclic amines) is 2. The number of nitrogens with zero attached hydrogens (tertiary/aromatic N) is 3. The summed E-state index contributed by atoms with van der Waals surface area (Å²) in [4.78, 5) is 10.1. The van der Waals surface area contributed by atoms with Crippen molar-refractivity contribution < 1.29 is 9.84 Å². The van der Waals surface area contributed by atoms with Crippen molar-refractivity contribution in [3.63, 3.8) is 0 Å². The fourth-order valence-electron chi connectivity index (χ4n) is 4.90. The number of aliphatic imine (C=N–C) groups is 1. The lowest BCUT2D eigenvalue weighted by Gasteiger charge is -2.44. The van der Waals surface area contributed by atoms with Gasteiger partial charge in [-0.2, -0.15) is 0 Å². The molecule has 1 aliphatic carbocycles. The zero-order valence-corrected chi connectivity index (χ0v) is 16.8. The minimum atomic E-state index is -0.141. The van der Waals surface area contributed by atoms with Gasteiger partial charge < -0.3 is 20.1 Å². The predicted molar refractivity (Wildman–Crippen MR) is 106 cm³/mol. The smallest absolute Gasteiger partial charge is 0.193 e. The van der Waals surface area contributed by atoms with Crippen molar-refractivity contribution in [3.05, 3.63) is 0 Å². The van der Waals surface area contributed by atoms with E-state index in [0.29, 0.717) is 6.10 Å². The fraction of sp³-hybridized carbons (Fsp3) is 0.950. The molecule has 3 fully saturated rings. The van der Waals surface area contributed by atoms with Crippen LogP contribution >= 0.6 is 0 Å². The molecule has 0 aromatic rings. The quantitative estimate of drug-likeness (QED) is 0.574. The van der Waals surface area contributed by atoms with Crippen molar-refractivity contribution in [1.29, 1.82) is 0 Å². The second-order valence-electron chi connectivity index (χ2n) is 8.24. The second-order valence-corrected chi connectivity index (χ2v) is 8.24. The standard InChI is InChI=1S/C20H38N4O2/c1-3-21-19(23-12-6-17(25)7-13-23)22-16-20(10-4-5-11-20)24-14-8-18(26-2)9-15-24/h17-18,25H,3-16H2,1-2H3,(H,21,22). The number of hydrogen-bond donors (Lipinski definition) is 2. The Kier molecular flexibility index (Phi) is 7.18. The molecule has 2 N–H and O–H groups in total. The first-order chi connectivity index (χ1) is 12.7. The van der Waals surface area contributed by atoms with E-state index in [4.69, 9.17) is 9.73 Å². The second kappa shape index (κ2) is 9.38. The van der Waals surface area contributed by atoms with Crippen LogP contribution in [-0.4, -0.2) is 85.0 Å². The van der Waals surface area contributed by atoms with Crippen molar-refractivity contribution in [1.82, 2.24) is 15.1 Å². The highest BCUT2D eigenvalue weighted by Gasteiger charge is 2.41. The summed E-state index contributed by atoms with van der Waals surface area (Å²) in [5.74, 6) is 1.04. The highest BCUT2D eigenvalue weighted by Crippen LogP contribution is 2.37. The third kappa shape index (κ3) is 4.70. The third-order valence-electron chi connectivity index (χ3n) is 6.60. The molecule has 0 bridgehead atoms. The highest BCUT2D eigenvalue weighted by atomic mass is 16.5. The molecule has 6 nitrogen and oxygen atoms in total. The molecule has 2 heterocycles. The van der Waals surface area contributed by atoms with Crippen LogP contribution in [0.5, 0.6) is 0 Å². The summed E-state index contributed by atoms with van der Waals surface area (Å²) in [6.07, 6.45) is 9.47. The Bertz CT molecular complexity index is 449. The highest BCUT2D eigenvalue weighted by molar-refractivity contribution is 5.80. The number of aliphatic hydroxyl groups excluding tert-OH is 1. The fourth-order valence-corrected chi connectivity index (χ4v) is 4.90. The summed E-state index contributed by atoms with van der Waals surface area (Å²) < 4.78 is 5.56. The number of guanidine groups is 1. The molecular formula is C20H38N4O2. The molecule has 3 aliphatic rings. The Labute approximate surface area is 159 Å². The van der Waals surface area contributed by atoms with E-state index in [1.54, 1.807) is 0 Å². The maximum absolute atomic E-state index is 9.79. The number of hydrogen-bond acceptors (Lipinski definition) is 4. The number of aliphatic hydroxyl groups is 1. The van der Waals surface area contributed by atoms with Gasteiger partial charge in [-0.1, -0.05) is 12.8 Å². The molecule has 2 saturated heterocycles. The van der Waals surface area contributed by atoms with Gasteiger partial charge in [0, 0.05) is 45.4 Å². The molecule has 0 spiro atoms. The molecule has 0 atom stereocenters. The summed E-state index contributed by atoms with van der Waals surface area (Å²) in [6.45, 7) is 8.00. The monoisotopic (exact) mass is 366 g/mol. The molecule has 0 aromatic carbocycles. The Morgan fingerprint density at radius 1 is 1.12 bits per heavy atom. The van der Waals surface area contributed by atoms with Gasteiger partial charge in [0.25, 0.3) is 0 Å². The number of rotatable bonds is 5. The number of piperidine rings is 2. The van der Waals surface area contributed by atoms with Gasteiger partial charge in [0.15, 0.2) is 5.96 Å². The molecule has 2 aliphatic heterocycles. The number of nitrogens with one attached hydrogen (secondary N) is 1. The minimum Gasteiger partial charge on any atom is -0.393 e. The van der Waals surface area contributed by atoms with E-state index >= 15 is 0 Å². The molecule has 6 heteroatoms. The van der Waals surface area contributed by atoms with Crippen LogP contribution in [0.3, 0.4) is 0 Å². The average molecular weight is 367 g/mol. The van der Waals surface area contributed by atoms with Crippen molar-refractivity contribution in [3.8, 4) is 0 Å². The Hall–Kier alpha value is -0.850. The normalized spacial score (nSPS) is 26.4. The Morgan fingerprint density at radius 2 is 1.77 bits per heavy atom. The maximum Gasteiger partial charge on any atom is 0.193 e. The van der Waals surface area contributed by atoms with Crippen molar-refractivity contribution >= 4 is 5.96 Å². The van der Waals surface area contributed by atoms with Gasteiger partial charge in [0.2, 0.25) is 0 Å². The predicted octanol–water partition coefficient (Wildman–Crippen LogP) is 1.83. The third-order valence-corrected chi connectivity index (χ3v) is 6.60. The van der Waals surface area contributed by atoms with Gasteiger partial charge in [-0.25, -0.2) is 0 Å². The van der Waals surface area contributed by atoms with Gasteiger partial charge >= 0.3 is 0 Å². The summed E-state index contributed by atoms with van der Waals surface area (Å²) >= 11 is 0. The van der Waals surface area contributed by atoms with Gasteiger partial charge in [0.1, 0.15) is 0 Å². The van der Waals surface area contributed by atoms with Crippen LogP contribution in [0, 0.1) is 0 Å². The van der Waals surface area contributed by atoms with E-state index in [1.165, 1.54) is 25.7 Å². The van der Waals surface area contributed by atoms with Crippen LogP contribution in [0.15, 0.2) is 4.99 Å². The van der Waals surface area contributed by atoms with Crippen molar-refractivity contribution in [2.45, 2.75) is 76.0 Å². The first-order valence-electron chi connectivity index (χ1n) is 10.7. The lowest BCUT2D eigenvalue weighted by atomic mass is 9.91. The minimum absolute atomic E-state index is 0.141. The lowest BCUT2D eigenvalue weighted by molar-refractivity contribution is -0.000170. The van der Waals surface area contributed by atoms with Crippen LogP contribution in [0.1, 0.15) is 58.3 Å². The van der Waals surface area contributed by atoms with E-state index in [9.17, 15) is 5.11 Å². The molecule has 0 unspecified atom stereocenters. The molecule has 0 amide bonds. The number of ether oxygens (including phenoxy) is 1. The van der Waals surface area contributed by atoms with Crippen LogP contribution in [-0.2, 0) is 4.74 Å². The zero-order chi connectivity index (χ0) is 18.4. The van der Waals surface area contributed by atoms with Crippen LogP contribution < -0.4 is 5.32 Å². The van der Waals surface area contributed by atoms with E-state index in [0.717, 1.165) is 70.9 Å². The summed E-state index contributed by atoms with van der Waals surface area (Å²) in [5, 5.41) is 13.3. The van der Waals surface area contributed by atoms with E-state index in [1.807, 2.05) is 7.11 Å². The van der Waals surface area contributed by atoms with Crippen LogP contribution in [0.25, 0.3) is 0 Å². The van der Waals surface area contributed by atoms with E-state index in [-0.39, 0.29) is 11.6 Å². The summed E-state index contributed by atoms with van der Waals surface area (Å²) in [5.41, 5.74) is 0.245. The van der Waals surface area contributed by atoms with E-state index in [2.05, 4.69) is 22.0 Å². The Morgan fingerprint density at radius 3 is 2.35 bits per heavy atom. The largest absolute Gasteiger partial charge is 0.393 e. The van der Waals surface area contributed by atoms with Crippen molar-refractivity contribution in [2.75, 3.05) is 46.4 Å². The molecule has 150 valence electrons. The van der Waals surface area contributed by atoms with Crippen molar-refractivity contribution in [2.24, 2.45) is 4.99 Å². The molecule has 0 aromatic heterocycles. The summed E-state index contributed by atoms with van der Waals surface area (Å²) in [7, 11) is 1.84. The molecule has 3 rings (SSSR count).